The van der Waals surface area contributed by atoms with Crippen molar-refractivity contribution in [2.75, 3.05) is 18.0 Å². The molecule has 0 atom stereocenters. The lowest BCUT2D eigenvalue weighted by molar-refractivity contribution is 1.01. The Labute approximate surface area is 81.0 Å². The molecule has 68 valence electrons. The fourth-order valence-corrected chi connectivity index (χ4v) is 1.37. The highest BCUT2D eigenvalue weighted by Gasteiger charge is 2.15. The van der Waals surface area contributed by atoms with Crippen molar-refractivity contribution < 1.29 is 0 Å². The summed E-state index contributed by atoms with van der Waals surface area (Å²) in [6.45, 7) is 1.56. The van der Waals surface area contributed by atoms with Crippen molar-refractivity contribution in [1.82, 2.24) is 4.98 Å². The summed E-state index contributed by atoms with van der Waals surface area (Å²) in [5.41, 5.74) is 6.60. The van der Waals surface area contributed by atoms with Crippen molar-refractivity contribution in [3.05, 3.63) is 23.5 Å². The molecule has 13 heavy (non-hydrogen) atoms. The Bertz CT molecular complexity index is 333. The molecule has 0 unspecified atom stereocenters. The predicted octanol–water partition coefficient (Wildman–Crippen LogP) is 0.870. The van der Waals surface area contributed by atoms with Crippen LogP contribution in [0.2, 0.25) is 5.15 Å². The highest BCUT2D eigenvalue weighted by atomic mass is 35.5. The van der Waals surface area contributed by atoms with Gasteiger partial charge in [-0.1, -0.05) is 11.6 Å². The van der Waals surface area contributed by atoms with Crippen LogP contribution in [-0.4, -0.2) is 24.0 Å². The summed E-state index contributed by atoms with van der Waals surface area (Å²) in [6, 6.07) is 3.62. The Morgan fingerprint density at radius 2 is 2.31 bits per heavy atom. The predicted molar refractivity (Wildman–Crippen MR) is 53.1 cm³/mol. The van der Waals surface area contributed by atoms with E-state index in [1.165, 1.54) is 0 Å². The summed E-state index contributed by atoms with van der Waals surface area (Å²) in [5.74, 6) is 0.545. The first kappa shape index (κ1) is 8.31. The molecule has 2 N–H and O–H groups in total. The third-order valence-electron chi connectivity index (χ3n) is 1.90. The molecule has 1 aliphatic rings. The van der Waals surface area contributed by atoms with Crippen LogP contribution in [-0.2, 0) is 0 Å². The van der Waals surface area contributed by atoms with E-state index in [-0.39, 0.29) is 0 Å². The summed E-state index contributed by atoms with van der Waals surface area (Å²) in [4.78, 5) is 9.95. The maximum absolute atomic E-state index is 5.66. The van der Waals surface area contributed by atoms with Gasteiger partial charge in [-0.25, -0.2) is 4.98 Å². The molecule has 2 heterocycles. The summed E-state index contributed by atoms with van der Waals surface area (Å²) in [6.07, 6.45) is 1.69. The number of guanidine groups is 1. The van der Waals surface area contributed by atoms with E-state index in [1.807, 2.05) is 11.0 Å². The van der Waals surface area contributed by atoms with Crippen LogP contribution in [0.15, 0.2) is 23.3 Å². The average Bonchev–Trinajstić information content (AvgIpc) is 2.53. The Hall–Kier alpha value is -1.29. The molecule has 1 aromatic rings. The number of nitrogens with zero attached hydrogens (tertiary/aromatic N) is 3. The van der Waals surface area contributed by atoms with Crippen molar-refractivity contribution in [1.29, 1.82) is 0 Å². The zero-order chi connectivity index (χ0) is 9.26. The smallest absolute Gasteiger partial charge is 0.195 e. The van der Waals surface area contributed by atoms with E-state index in [0.717, 1.165) is 18.8 Å². The monoisotopic (exact) mass is 196 g/mol. The normalized spacial score (nSPS) is 16.1. The fourth-order valence-electron chi connectivity index (χ4n) is 1.25. The summed E-state index contributed by atoms with van der Waals surface area (Å²) >= 11 is 5.66. The van der Waals surface area contributed by atoms with E-state index < -0.39 is 0 Å². The van der Waals surface area contributed by atoms with Crippen LogP contribution < -0.4 is 10.6 Å². The van der Waals surface area contributed by atoms with E-state index in [0.29, 0.717) is 11.1 Å². The van der Waals surface area contributed by atoms with Crippen LogP contribution in [0.25, 0.3) is 0 Å². The lowest BCUT2D eigenvalue weighted by Crippen LogP contribution is -2.33. The van der Waals surface area contributed by atoms with Gasteiger partial charge in [0, 0.05) is 6.54 Å². The molecule has 5 heteroatoms. The number of nitrogens with two attached hydrogens (primary N) is 1. The lowest BCUT2D eigenvalue weighted by Gasteiger charge is -2.16. The van der Waals surface area contributed by atoms with Gasteiger partial charge >= 0.3 is 0 Å². The Morgan fingerprint density at radius 1 is 1.46 bits per heavy atom. The first-order valence-electron chi connectivity index (χ1n) is 3.96. The maximum Gasteiger partial charge on any atom is 0.195 e. The summed E-state index contributed by atoms with van der Waals surface area (Å²) in [5, 5.41) is 0.485. The molecular formula is C8H9ClN4. The minimum absolute atomic E-state index is 0.485. The first-order chi connectivity index (χ1) is 6.27. The van der Waals surface area contributed by atoms with Gasteiger partial charge in [-0.3, -0.25) is 4.99 Å². The topological polar surface area (TPSA) is 54.5 Å². The average molecular weight is 197 g/mol. The lowest BCUT2D eigenvalue weighted by atomic mass is 10.4. The largest absolute Gasteiger partial charge is 0.370 e. The quantitative estimate of drug-likeness (QED) is 0.679. The SMILES string of the molecule is NC1=NCCN1c1ccc(Cl)nc1. The number of pyridine rings is 1. The molecule has 0 radical (unpaired) electrons. The fraction of sp³-hybridized carbons (Fsp3) is 0.250. The van der Waals surface area contributed by atoms with Crippen LogP contribution in [0.1, 0.15) is 0 Å². The minimum Gasteiger partial charge on any atom is -0.370 e. The number of rotatable bonds is 1. The van der Waals surface area contributed by atoms with Crippen LogP contribution in [0, 0.1) is 0 Å². The molecule has 0 bridgehead atoms. The number of hydrogen-bond acceptors (Lipinski definition) is 4. The highest BCUT2D eigenvalue weighted by Crippen LogP contribution is 2.16. The Kier molecular flexibility index (Phi) is 2.06. The molecule has 2 rings (SSSR count). The molecule has 1 aromatic heterocycles. The van der Waals surface area contributed by atoms with Crippen LogP contribution >= 0.6 is 11.6 Å². The van der Waals surface area contributed by atoms with Gasteiger partial charge in [-0.15, -0.1) is 0 Å². The number of halogens is 1. The van der Waals surface area contributed by atoms with Crippen LogP contribution in [0.3, 0.4) is 0 Å². The highest BCUT2D eigenvalue weighted by molar-refractivity contribution is 6.29. The van der Waals surface area contributed by atoms with E-state index >= 15 is 0 Å². The second-order valence-electron chi connectivity index (χ2n) is 2.73. The molecule has 1 aliphatic heterocycles. The molecule has 0 fully saturated rings. The van der Waals surface area contributed by atoms with E-state index in [1.54, 1.807) is 12.3 Å². The zero-order valence-electron chi connectivity index (χ0n) is 6.94. The molecule has 4 nitrogen and oxygen atoms in total. The standard InChI is InChI=1S/C8H9ClN4/c9-7-2-1-6(5-12-7)13-4-3-11-8(13)10/h1-2,5H,3-4H2,(H2,10,11). The third kappa shape index (κ3) is 1.58. The van der Waals surface area contributed by atoms with Gasteiger partial charge in [0.15, 0.2) is 5.96 Å². The minimum atomic E-state index is 0.485. The van der Waals surface area contributed by atoms with Gasteiger partial charge in [0.2, 0.25) is 0 Å². The second-order valence-corrected chi connectivity index (χ2v) is 3.12. The molecule has 0 saturated carbocycles. The van der Waals surface area contributed by atoms with E-state index in [2.05, 4.69) is 9.98 Å². The number of aliphatic imine (C=N–C) groups is 1. The Balaban J connectivity index is 2.26. The van der Waals surface area contributed by atoms with Gasteiger partial charge in [0.05, 0.1) is 18.4 Å². The molecule has 0 saturated heterocycles. The van der Waals surface area contributed by atoms with Crippen LogP contribution in [0.4, 0.5) is 5.69 Å². The number of anilines is 1. The van der Waals surface area contributed by atoms with Crippen molar-refractivity contribution >= 4 is 23.2 Å². The van der Waals surface area contributed by atoms with Crippen molar-refractivity contribution in [2.24, 2.45) is 10.7 Å². The van der Waals surface area contributed by atoms with E-state index in [9.17, 15) is 0 Å². The second kappa shape index (κ2) is 3.22. The van der Waals surface area contributed by atoms with Gasteiger partial charge in [-0.05, 0) is 12.1 Å². The molecule has 0 aromatic carbocycles. The molecular weight excluding hydrogens is 188 g/mol. The van der Waals surface area contributed by atoms with Gasteiger partial charge in [0.25, 0.3) is 0 Å². The third-order valence-corrected chi connectivity index (χ3v) is 2.12. The van der Waals surface area contributed by atoms with Gasteiger partial charge in [0.1, 0.15) is 5.15 Å². The first-order valence-corrected chi connectivity index (χ1v) is 4.34. The van der Waals surface area contributed by atoms with Crippen molar-refractivity contribution in [3.63, 3.8) is 0 Å². The molecule has 0 aliphatic carbocycles. The summed E-state index contributed by atoms with van der Waals surface area (Å²) < 4.78 is 0. The molecule has 0 amide bonds. The summed E-state index contributed by atoms with van der Waals surface area (Å²) in [7, 11) is 0. The van der Waals surface area contributed by atoms with Crippen molar-refractivity contribution in [2.45, 2.75) is 0 Å². The van der Waals surface area contributed by atoms with Gasteiger partial charge < -0.3 is 10.6 Å². The number of hydrogen-bond donors (Lipinski definition) is 1. The number of aromatic nitrogens is 1. The van der Waals surface area contributed by atoms with Crippen LogP contribution in [0.5, 0.6) is 0 Å². The van der Waals surface area contributed by atoms with E-state index in [4.69, 9.17) is 17.3 Å². The Morgan fingerprint density at radius 3 is 2.85 bits per heavy atom. The van der Waals surface area contributed by atoms with Crippen molar-refractivity contribution in [3.8, 4) is 0 Å². The maximum atomic E-state index is 5.66. The molecule has 0 spiro atoms. The van der Waals surface area contributed by atoms with Gasteiger partial charge in [-0.2, -0.15) is 0 Å². The zero-order valence-corrected chi connectivity index (χ0v) is 7.70.